The van der Waals surface area contributed by atoms with E-state index in [-0.39, 0.29) is 29.4 Å². The molecule has 0 unspecified atom stereocenters. The summed E-state index contributed by atoms with van der Waals surface area (Å²) >= 11 is 1.24. The number of amides is 3. The number of para-hydroxylation sites is 1. The largest absolute Gasteiger partial charge is 0.468 e. The standard InChI is InChI=1S/C18H21N5O4S/c1-27-14(24)10-19-18(26)23-9-5-6-12(11-23)16-21-22-17(28-16)15(25)20-13-7-3-2-4-8-13/h2-4,7-8,12H,5-6,9-11H2,1H3,(H,19,26)(H,20,25)/t12-/m1/s1. The van der Waals surface area contributed by atoms with Crippen molar-refractivity contribution in [3.63, 3.8) is 0 Å². The van der Waals surface area contributed by atoms with Crippen LogP contribution >= 0.6 is 11.3 Å². The van der Waals surface area contributed by atoms with Gasteiger partial charge in [-0.3, -0.25) is 9.59 Å². The number of rotatable bonds is 5. The number of urea groups is 1. The topological polar surface area (TPSA) is 114 Å². The van der Waals surface area contributed by atoms with E-state index < -0.39 is 5.97 Å². The lowest BCUT2D eigenvalue weighted by molar-refractivity contribution is -0.139. The fourth-order valence-electron chi connectivity index (χ4n) is 2.89. The first-order valence-corrected chi connectivity index (χ1v) is 9.68. The maximum absolute atomic E-state index is 12.3. The molecule has 0 spiro atoms. The zero-order chi connectivity index (χ0) is 19.9. The van der Waals surface area contributed by atoms with Crippen LogP contribution in [-0.2, 0) is 9.53 Å². The number of ether oxygens (including phenoxy) is 1. The van der Waals surface area contributed by atoms with Gasteiger partial charge in [-0.05, 0) is 25.0 Å². The van der Waals surface area contributed by atoms with Crippen molar-refractivity contribution < 1.29 is 19.1 Å². The Morgan fingerprint density at radius 3 is 2.79 bits per heavy atom. The average molecular weight is 403 g/mol. The van der Waals surface area contributed by atoms with Crippen LogP contribution < -0.4 is 10.6 Å². The molecule has 1 aliphatic rings. The van der Waals surface area contributed by atoms with Crippen molar-refractivity contribution in [1.82, 2.24) is 20.4 Å². The zero-order valence-corrected chi connectivity index (χ0v) is 16.2. The molecular weight excluding hydrogens is 382 g/mol. The Morgan fingerprint density at radius 2 is 2.04 bits per heavy atom. The number of likely N-dealkylation sites (tertiary alicyclic amines) is 1. The van der Waals surface area contributed by atoms with Crippen LogP contribution in [0.5, 0.6) is 0 Å². The van der Waals surface area contributed by atoms with E-state index in [0.29, 0.717) is 18.8 Å². The second kappa shape index (κ2) is 9.27. The van der Waals surface area contributed by atoms with Gasteiger partial charge in [-0.25, -0.2) is 4.79 Å². The molecular formula is C18H21N5O4S. The van der Waals surface area contributed by atoms with Crippen LogP contribution in [-0.4, -0.2) is 59.7 Å². The summed E-state index contributed by atoms with van der Waals surface area (Å²) in [7, 11) is 1.27. The van der Waals surface area contributed by atoms with Crippen LogP contribution in [0.4, 0.5) is 10.5 Å². The number of carbonyl (C=O) groups excluding carboxylic acids is 3. The molecule has 0 aliphatic carbocycles. The van der Waals surface area contributed by atoms with Crippen LogP contribution in [0.3, 0.4) is 0 Å². The number of benzene rings is 1. The highest BCUT2D eigenvalue weighted by Gasteiger charge is 2.28. The molecule has 10 heteroatoms. The van der Waals surface area contributed by atoms with E-state index in [2.05, 4.69) is 25.6 Å². The first-order valence-electron chi connectivity index (χ1n) is 8.86. The van der Waals surface area contributed by atoms with Gasteiger partial charge >= 0.3 is 12.0 Å². The van der Waals surface area contributed by atoms with E-state index >= 15 is 0 Å². The lowest BCUT2D eigenvalue weighted by Crippen LogP contribution is -2.46. The third kappa shape index (κ3) is 5.03. The normalized spacial score (nSPS) is 16.3. The number of nitrogens with one attached hydrogen (secondary N) is 2. The Bertz CT molecular complexity index is 842. The Kier molecular flexibility index (Phi) is 6.53. The summed E-state index contributed by atoms with van der Waals surface area (Å²) in [5.41, 5.74) is 0.690. The zero-order valence-electron chi connectivity index (χ0n) is 15.4. The van der Waals surface area contributed by atoms with Gasteiger partial charge in [0.15, 0.2) is 0 Å². The van der Waals surface area contributed by atoms with Crippen LogP contribution in [0.1, 0.15) is 33.6 Å². The smallest absolute Gasteiger partial charge is 0.325 e. The molecule has 1 fully saturated rings. The number of piperidine rings is 1. The molecule has 1 saturated heterocycles. The number of carbonyl (C=O) groups is 3. The SMILES string of the molecule is COC(=O)CNC(=O)N1CCC[C@@H](c2nnc(C(=O)Nc3ccccc3)s2)C1. The van der Waals surface area contributed by atoms with Crippen LogP contribution in [0, 0.1) is 0 Å². The van der Waals surface area contributed by atoms with Crippen molar-refractivity contribution >= 4 is 34.9 Å². The molecule has 2 aromatic rings. The molecule has 1 aromatic carbocycles. The molecule has 28 heavy (non-hydrogen) atoms. The Balaban J connectivity index is 1.58. The minimum atomic E-state index is -0.500. The minimum absolute atomic E-state index is 0.00778. The van der Waals surface area contributed by atoms with Crippen molar-refractivity contribution in [1.29, 1.82) is 0 Å². The van der Waals surface area contributed by atoms with Gasteiger partial charge in [0.25, 0.3) is 5.91 Å². The van der Waals surface area contributed by atoms with Gasteiger partial charge < -0.3 is 20.3 Å². The number of anilines is 1. The lowest BCUT2D eigenvalue weighted by atomic mass is 9.99. The fourth-order valence-corrected chi connectivity index (χ4v) is 3.76. The van der Waals surface area contributed by atoms with E-state index in [0.717, 1.165) is 17.8 Å². The molecule has 1 atom stereocenters. The van der Waals surface area contributed by atoms with Gasteiger partial charge in [0.1, 0.15) is 11.6 Å². The highest BCUT2D eigenvalue weighted by atomic mass is 32.1. The highest BCUT2D eigenvalue weighted by molar-refractivity contribution is 7.13. The summed E-state index contributed by atoms with van der Waals surface area (Å²) in [4.78, 5) is 37.4. The summed E-state index contributed by atoms with van der Waals surface area (Å²) in [5.74, 6) is -0.799. The number of hydrogen-bond acceptors (Lipinski definition) is 7. The van der Waals surface area contributed by atoms with Gasteiger partial charge in [0, 0.05) is 24.7 Å². The second-order valence-corrected chi connectivity index (χ2v) is 7.29. The van der Waals surface area contributed by atoms with Crippen LogP contribution in [0.15, 0.2) is 30.3 Å². The predicted octanol–water partition coefficient (Wildman–Crippen LogP) is 1.85. The Morgan fingerprint density at radius 1 is 1.25 bits per heavy atom. The summed E-state index contributed by atoms with van der Waals surface area (Å²) in [6.45, 7) is 0.894. The number of hydrogen-bond donors (Lipinski definition) is 2. The molecule has 1 aliphatic heterocycles. The molecule has 2 heterocycles. The quantitative estimate of drug-likeness (QED) is 0.737. The van der Waals surface area contributed by atoms with Crippen LogP contribution in [0.2, 0.25) is 0 Å². The molecule has 2 N–H and O–H groups in total. The summed E-state index contributed by atoms with van der Waals surface area (Å²) in [5, 5.41) is 14.5. The van der Waals surface area contributed by atoms with Crippen molar-refractivity contribution in [2.75, 3.05) is 32.1 Å². The molecule has 0 bridgehead atoms. The van der Waals surface area contributed by atoms with E-state index in [1.165, 1.54) is 18.4 Å². The number of esters is 1. The monoisotopic (exact) mass is 403 g/mol. The molecule has 0 radical (unpaired) electrons. The average Bonchev–Trinajstić information content (AvgIpc) is 3.23. The lowest BCUT2D eigenvalue weighted by Gasteiger charge is -2.31. The van der Waals surface area contributed by atoms with Gasteiger partial charge in [-0.1, -0.05) is 29.5 Å². The maximum atomic E-state index is 12.3. The molecule has 148 valence electrons. The second-order valence-electron chi connectivity index (χ2n) is 6.29. The van der Waals surface area contributed by atoms with E-state index in [1.807, 2.05) is 18.2 Å². The number of methoxy groups -OCH3 is 1. The third-order valence-corrected chi connectivity index (χ3v) is 5.42. The Labute approximate surface area is 166 Å². The molecule has 1 aromatic heterocycles. The van der Waals surface area contributed by atoms with Crippen molar-refractivity contribution in [3.8, 4) is 0 Å². The van der Waals surface area contributed by atoms with E-state index in [4.69, 9.17) is 0 Å². The van der Waals surface area contributed by atoms with Crippen molar-refractivity contribution in [2.24, 2.45) is 0 Å². The molecule has 0 saturated carbocycles. The molecule has 3 amide bonds. The summed E-state index contributed by atoms with van der Waals surface area (Å²) in [6, 6.07) is 8.82. The van der Waals surface area contributed by atoms with Crippen molar-refractivity contribution in [2.45, 2.75) is 18.8 Å². The van der Waals surface area contributed by atoms with Crippen LogP contribution in [0.25, 0.3) is 0 Å². The van der Waals surface area contributed by atoms with Gasteiger partial charge in [-0.2, -0.15) is 0 Å². The first-order chi connectivity index (χ1) is 13.6. The predicted molar refractivity (Wildman–Crippen MR) is 103 cm³/mol. The maximum Gasteiger partial charge on any atom is 0.325 e. The number of nitrogens with zero attached hydrogens (tertiary/aromatic N) is 3. The summed E-state index contributed by atoms with van der Waals surface area (Å²) in [6.07, 6.45) is 1.66. The molecule has 3 rings (SSSR count). The van der Waals surface area contributed by atoms with E-state index in [1.54, 1.807) is 17.0 Å². The first kappa shape index (κ1) is 19.7. The van der Waals surface area contributed by atoms with Gasteiger partial charge in [0.2, 0.25) is 5.01 Å². The Hall–Kier alpha value is -3.01. The molecule has 9 nitrogen and oxygen atoms in total. The minimum Gasteiger partial charge on any atom is -0.468 e. The fraction of sp³-hybridized carbons (Fsp3) is 0.389. The van der Waals surface area contributed by atoms with Gasteiger partial charge in [-0.15, -0.1) is 10.2 Å². The summed E-state index contributed by atoms with van der Waals surface area (Å²) < 4.78 is 4.52. The number of aromatic nitrogens is 2. The third-order valence-electron chi connectivity index (χ3n) is 4.34. The van der Waals surface area contributed by atoms with Crippen molar-refractivity contribution in [3.05, 3.63) is 40.3 Å². The van der Waals surface area contributed by atoms with Gasteiger partial charge in [0.05, 0.1) is 7.11 Å². The highest BCUT2D eigenvalue weighted by Crippen LogP contribution is 2.29. The van der Waals surface area contributed by atoms with E-state index in [9.17, 15) is 14.4 Å².